The van der Waals surface area contributed by atoms with Gasteiger partial charge in [-0.05, 0) is 26.0 Å². The van der Waals surface area contributed by atoms with Gasteiger partial charge in [-0.3, -0.25) is 9.48 Å². The highest BCUT2D eigenvalue weighted by Gasteiger charge is 2.06. The largest absolute Gasteiger partial charge is 0.323 e. The van der Waals surface area contributed by atoms with Gasteiger partial charge in [0.15, 0.2) is 5.78 Å². The second-order valence-electron chi connectivity index (χ2n) is 4.30. The van der Waals surface area contributed by atoms with Gasteiger partial charge in [-0.25, -0.2) is 4.79 Å². The third-order valence-corrected chi connectivity index (χ3v) is 2.74. The summed E-state index contributed by atoms with van der Waals surface area (Å²) in [5.41, 5.74) is 1.74. The summed E-state index contributed by atoms with van der Waals surface area (Å²) in [6.07, 6.45) is 3.32. The van der Waals surface area contributed by atoms with Crippen molar-refractivity contribution in [2.45, 2.75) is 20.4 Å². The first kappa shape index (κ1) is 13.8. The molecule has 2 rings (SSSR count). The lowest BCUT2D eigenvalue weighted by Gasteiger charge is -2.06. The Hall–Kier alpha value is -2.63. The molecule has 1 aromatic heterocycles. The summed E-state index contributed by atoms with van der Waals surface area (Å²) in [7, 11) is 0. The van der Waals surface area contributed by atoms with E-state index in [2.05, 4.69) is 15.7 Å². The predicted molar refractivity (Wildman–Crippen MR) is 77.0 cm³/mol. The standard InChI is InChI=1S/C14H16N4O2/c1-3-18-9-13(8-15-18)17-14(20)16-12-6-4-5-11(7-12)10(2)19/h4-9H,3H2,1-2H3,(H2,16,17,20). The van der Waals surface area contributed by atoms with Gasteiger partial charge in [0.25, 0.3) is 0 Å². The van der Waals surface area contributed by atoms with E-state index in [4.69, 9.17) is 0 Å². The fourth-order valence-electron chi connectivity index (χ4n) is 1.71. The van der Waals surface area contributed by atoms with E-state index in [9.17, 15) is 9.59 Å². The lowest BCUT2D eigenvalue weighted by Crippen LogP contribution is -2.19. The van der Waals surface area contributed by atoms with Crippen LogP contribution in [0.25, 0.3) is 0 Å². The Balaban J connectivity index is 2.00. The number of urea groups is 1. The maximum atomic E-state index is 11.8. The maximum absolute atomic E-state index is 11.8. The van der Waals surface area contributed by atoms with Crippen LogP contribution in [0.1, 0.15) is 24.2 Å². The van der Waals surface area contributed by atoms with E-state index in [-0.39, 0.29) is 11.8 Å². The number of hydrogen-bond donors (Lipinski definition) is 2. The highest BCUT2D eigenvalue weighted by molar-refractivity contribution is 6.01. The second kappa shape index (κ2) is 6.01. The van der Waals surface area contributed by atoms with Crippen LogP contribution in [0.15, 0.2) is 36.7 Å². The molecule has 0 atom stereocenters. The predicted octanol–water partition coefficient (Wildman–Crippen LogP) is 2.75. The molecule has 2 N–H and O–H groups in total. The highest BCUT2D eigenvalue weighted by Crippen LogP contribution is 2.12. The van der Waals surface area contributed by atoms with E-state index in [0.29, 0.717) is 16.9 Å². The lowest BCUT2D eigenvalue weighted by molar-refractivity contribution is 0.101. The molecule has 1 aromatic carbocycles. The third-order valence-electron chi connectivity index (χ3n) is 2.74. The minimum atomic E-state index is -0.374. The zero-order chi connectivity index (χ0) is 14.5. The quantitative estimate of drug-likeness (QED) is 0.840. The number of amides is 2. The van der Waals surface area contributed by atoms with Gasteiger partial charge in [0.05, 0.1) is 11.9 Å². The number of carbonyl (C=O) groups is 2. The van der Waals surface area contributed by atoms with E-state index in [1.807, 2.05) is 6.92 Å². The molecule has 0 bridgehead atoms. The molecule has 1 heterocycles. The van der Waals surface area contributed by atoms with Crippen LogP contribution in [0.5, 0.6) is 0 Å². The van der Waals surface area contributed by atoms with Gasteiger partial charge < -0.3 is 10.6 Å². The molecular formula is C14H16N4O2. The summed E-state index contributed by atoms with van der Waals surface area (Å²) in [4.78, 5) is 23.1. The number of nitrogens with one attached hydrogen (secondary N) is 2. The molecule has 0 spiro atoms. The molecule has 0 radical (unpaired) electrons. The molecule has 0 aliphatic carbocycles. The van der Waals surface area contributed by atoms with Crippen molar-refractivity contribution in [1.82, 2.24) is 9.78 Å². The average molecular weight is 272 g/mol. The Bertz CT molecular complexity index is 634. The van der Waals surface area contributed by atoms with E-state index >= 15 is 0 Å². The number of anilines is 2. The summed E-state index contributed by atoms with van der Waals surface area (Å²) in [6, 6.07) is 6.41. The van der Waals surface area contributed by atoms with Crippen molar-refractivity contribution >= 4 is 23.2 Å². The molecular weight excluding hydrogens is 256 g/mol. The number of benzene rings is 1. The van der Waals surface area contributed by atoms with E-state index in [1.54, 1.807) is 41.3 Å². The van der Waals surface area contributed by atoms with E-state index in [0.717, 1.165) is 6.54 Å². The third kappa shape index (κ3) is 3.44. The van der Waals surface area contributed by atoms with Crippen LogP contribution in [0.2, 0.25) is 0 Å². The Morgan fingerprint density at radius 1 is 1.25 bits per heavy atom. The monoisotopic (exact) mass is 272 g/mol. The van der Waals surface area contributed by atoms with Crippen LogP contribution in [0, 0.1) is 0 Å². The lowest BCUT2D eigenvalue weighted by atomic mass is 10.1. The van der Waals surface area contributed by atoms with E-state index in [1.165, 1.54) is 6.92 Å². The van der Waals surface area contributed by atoms with Crippen LogP contribution in [-0.2, 0) is 6.54 Å². The minimum absolute atomic E-state index is 0.0433. The Morgan fingerprint density at radius 3 is 2.65 bits per heavy atom. The van der Waals surface area contributed by atoms with Crippen LogP contribution in [-0.4, -0.2) is 21.6 Å². The van der Waals surface area contributed by atoms with Gasteiger partial charge in [-0.15, -0.1) is 0 Å². The Morgan fingerprint density at radius 2 is 2.00 bits per heavy atom. The number of aromatic nitrogens is 2. The zero-order valence-corrected chi connectivity index (χ0v) is 11.4. The fraction of sp³-hybridized carbons (Fsp3) is 0.214. The molecule has 0 aliphatic rings. The topological polar surface area (TPSA) is 76.0 Å². The zero-order valence-electron chi connectivity index (χ0n) is 11.4. The number of rotatable bonds is 4. The van der Waals surface area contributed by atoms with Gasteiger partial charge in [0, 0.05) is 24.0 Å². The van der Waals surface area contributed by atoms with Crippen LogP contribution < -0.4 is 10.6 Å². The molecule has 6 nitrogen and oxygen atoms in total. The summed E-state index contributed by atoms with van der Waals surface area (Å²) in [5.74, 6) is -0.0433. The first-order chi connectivity index (χ1) is 9.58. The normalized spacial score (nSPS) is 10.1. The molecule has 104 valence electrons. The van der Waals surface area contributed by atoms with Gasteiger partial charge in [0.2, 0.25) is 0 Å². The summed E-state index contributed by atoms with van der Waals surface area (Å²) in [5, 5.41) is 9.41. The Kier molecular flexibility index (Phi) is 4.14. The van der Waals surface area contributed by atoms with Crippen molar-refractivity contribution in [3.8, 4) is 0 Å². The summed E-state index contributed by atoms with van der Waals surface area (Å²) in [6.45, 7) is 4.19. The number of carbonyl (C=O) groups excluding carboxylic acids is 2. The summed E-state index contributed by atoms with van der Waals surface area (Å²) >= 11 is 0. The first-order valence-electron chi connectivity index (χ1n) is 6.30. The van der Waals surface area contributed by atoms with Crippen molar-refractivity contribution < 1.29 is 9.59 Å². The number of nitrogens with zero attached hydrogens (tertiary/aromatic N) is 2. The molecule has 6 heteroatoms. The van der Waals surface area contributed by atoms with Gasteiger partial charge in [-0.2, -0.15) is 5.10 Å². The Labute approximate surface area is 116 Å². The molecule has 0 saturated heterocycles. The van der Waals surface area contributed by atoms with Crippen LogP contribution in [0.4, 0.5) is 16.2 Å². The van der Waals surface area contributed by atoms with Crippen LogP contribution >= 0.6 is 0 Å². The average Bonchev–Trinajstić information content (AvgIpc) is 2.86. The SMILES string of the molecule is CCn1cc(NC(=O)Nc2cccc(C(C)=O)c2)cn1. The fourth-order valence-corrected chi connectivity index (χ4v) is 1.71. The molecule has 20 heavy (non-hydrogen) atoms. The second-order valence-corrected chi connectivity index (χ2v) is 4.30. The maximum Gasteiger partial charge on any atom is 0.323 e. The highest BCUT2D eigenvalue weighted by atomic mass is 16.2. The number of aryl methyl sites for hydroxylation is 1. The molecule has 0 saturated carbocycles. The summed E-state index contributed by atoms with van der Waals surface area (Å²) < 4.78 is 1.71. The number of ketones is 1. The minimum Gasteiger partial charge on any atom is -0.308 e. The van der Waals surface area contributed by atoms with Crippen molar-refractivity contribution in [3.63, 3.8) is 0 Å². The van der Waals surface area contributed by atoms with E-state index < -0.39 is 0 Å². The van der Waals surface area contributed by atoms with Crippen molar-refractivity contribution in [2.24, 2.45) is 0 Å². The van der Waals surface area contributed by atoms with Gasteiger partial charge >= 0.3 is 6.03 Å². The van der Waals surface area contributed by atoms with Crippen molar-refractivity contribution in [1.29, 1.82) is 0 Å². The molecule has 2 aromatic rings. The molecule has 0 fully saturated rings. The van der Waals surface area contributed by atoms with Gasteiger partial charge in [-0.1, -0.05) is 12.1 Å². The van der Waals surface area contributed by atoms with Crippen molar-refractivity contribution in [3.05, 3.63) is 42.2 Å². The van der Waals surface area contributed by atoms with Crippen LogP contribution in [0.3, 0.4) is 0 Å². The van der Waals surface area contributed by atoms with Crippen molar-refractivity contribution in [2.75, 3.05) is 10.6 Å². The number of hydrogen-bond acceptors (Lipinski definition) is 3. The molecule has 0 aliphatic heterocycles. The smallest absolute Gasteiger partial charge is 0.308 e. The first-order valence-corrected chi connectivity index (χ1v) is 6.30. The molecule has 0 unspecified atom stereocenters. The number of Topliss-reactive ketones (excluding diaryl/α,β-unsaturated/α-hetero) is 1. The van der Waals surface area contributed by atoms with Gasteiger partial charge in [0.1, 0.15) is 0 Å². The molecule has 2 amide bonds.